The number of amides is 1. The van der Waals surface area contributed by atoms with Crippen molar-refractivity contribution in [2.45, 2.75) is 25.2 Å². The van der Waals surface area contributed by atoms with Gasteiger partial charge in [-0.1, -0.05) is 12.1 Å². The van der Waals surface area contributed by atoms with E-state index in [9.17, 15) is 10.1 Å². The van der Waals surface area contributed by atoms with Crippen molar-refractivity contribution in [2.75, 3.05) is 31.9 Å². The van der Waals surface area contributed by atoms with E-state index in [-0.39, 0.29) is 11.8 Å². The summed E-state index contributed by atoms with van der Waals surface area (Å²) in [6.45, 7) is 3.08. The average molecular weight is 416 g/mol. The summed E-state index contributed by atoms with van der Waals surface area (Å²) < 4.78 is 2.08. The van der Waals surface area contributed by atoms with Crippen molar-refractivity contribution in [1.29, 1.82) is 5.26 Å². The molecule has 0 radical (unpaired) electrons. The standard InChI is InChI=1S/C23H25N7O/c1-28-20(17-8-11-29(12-17)13-24)18(19-21(25)26-14-27-22(19)28)15-4-6-16(7-5-15)23(31)30-9-2-3-10-30/h4-7,14,17H,2-3,8-12H2,1H3,(H2,25,26,27)/t17-/m0/s1. The van der Waals surface area contributed by atoms with Gasteiger partial charge in [0.2, 0.25) is 0 Å². The molecule has 0 bridgehead atoms. The Kier molecular flexibility index (Phi) is 4.74. The maximum atomic E-state index is 12.8. The number of hydrogen-bond donors (Lipinski definition) is 1. The number of anilines is 1. The van der Waals surface area contributed by atoms with Crippen LogP contribution in [0.3, 0.4) is 0 Å². The Hall–Kier alpha value is -3.60. The minimum atomic E-state index is 0.0884. The zero-order valence-corrected chi connectivity index (χ0v) is 17.6. The average Bonchev–Trinajstić information content (AvgIpc) is 3.53. The number of nitriles is 1. The molecule has 8 heteroatoms. The summed E-state index contributed by atoms with van der Waals surface area (Å²) in [5.41, 5.74) is 10.9. The highest BCUT2D eigenvalue weighted by Gasteiger charge is 2.31. The van der Waals surface area contributed by atoms with Crippen molar-refractivity contribution < 1.29 is 4.79 Å². The Morgan fingerprint density at radius 1 is 1.16 bits per heavy atom. The smallest absolute Gasteiger partial charge is 0.253 e. The molecule has 3 aromatic rings. The lowest BCUT2D eigenvalue weighted by atomic mass is 9.94. The van der Waals surface area contributed by atoms with Gasteiger partial charge < -0.3 is 20.1 Å². The van der Waals surface area contributed by atoms with Crippen molar-refractivity contribution in [1.82, 2.24) is 24.3 Å². The fourth-order valence-corrected chi connectivity index (χ4v) is 5.02. The Labute approximate surface area is 180 Å². The number of nitrogens with zero attached hydrogens (tertiary/aromatic N) is 6. The molecule has 0 saturated carbocycles. The topological polar surface area (TPSA) is 104 Å². The SMILES string of the molecule is Cn1c([C@H]2CCN(C#N)C2)c(-c2ccc(C(=O)N3CCCC3)cc2)c2c(N)ncnc21. The summed E-state index contributed by atoms with van der Waals surface area (Å²) in [5.74, 6) is 0.721. The molecule has 31 heavy (non-hydrogen) atoms. The quantitative estimate of drug-likeness (QED) is 0.660. The molecule has 158 valence electrons. The zero-order chi connectivity index (χ0) is 21.5. The molecule has 4 heterocycles. The summed E-state index contributed by atoms with van der Waals surface area (Å²) in [4.78, 5) is 25.2. The van der Waals surface area contributed by atoms with Gasteiger partial charge in [0.1, 0.15) is 17.8 Å². The van der Waals surface area contributed by atoms with Crippen LogP contribution in [0.4, 0.5) is 5.82 Å². The molecule has 2 N–H and O–H groups in total. The first-order chi connectivity index (χ1) is 15.1. The number of carbonyl (C=O) groups excluding carboxylic acids is 1. The molecule has 2 fully saturated rings. The molecule has 8 nitrogen and oxygen atoms in total. The van der Waals surface area contributed by atoms with E-state index >= 15 is 0 Å². The molecule has 2 saturated heterocycles. The molecule has 0 unspecified atom stereocenters. The Morgan fingerprint density at radius 2 is 1.90 bits per heavy atom. The van der Waals surface area contributed by atoms with Gasteiger partial charge in [0, 0.05) is 56.0 Å². The maximum absolute atomic E-state index is 12.8. The van der Waals surface area contributed by atoms with Crippen LogP contribution in [0.2, 0.25) is 0 Å². The van der Waals surface area contributed by atoms with Gasteiger partial charge in [-0.2, -0.15) is 5.26 Å². The van der Waals surface area contributed by atoms with Crippen LogP contribution in [0, 0.1) is 11.5 Å². The molecule has 1 aromatic carbocycles. The Morgan fingerprint density at radius 3 is 2.58 bits per heavy atom. The second-order valence-electron chi connectivity index (χ2n) is 8.39. The van der Waals surface area contributed by atoms with Crippen molar-refractivity contribution in [3.63, 3.8) is 0 Å². The van der Waals surface area contributed by atoms with E-state index in [1.807, 2.05) is 36.2 Å². The third-order valence-corrected chi connectivity index (χ3v) is 6.57. The van der Waals surface area contributed by atoms with E-state index in [1.54, 1.807) is 4.90 Å². The van der Waals surface area contributed by atoms with Crippen molar-refractivity contribution in [3.8, 4) is 17.3 Å². The van der Waals surface area contributed by atoms with Gasteiger partial charge in [0.05, 0.1) is 5.39 Å². The summed E-state index contributed by atoms with van der Waals surface area (Å²) >= 11 is 0. The number of nitrogens with two attached hydrogens (primary N) is 1. The van der Waals surface area contributed by atoms with Gasteiger partial charge in [-0.25, -0.2) is 9.97 Å². The molecule has 5 rings (SSSR count). The van der Waals surface area contributed by atoms with Gasteiger partial charge in [-0.05, 0) is 37.0 Å². The number of fused-ring (bicyclic) bond motifs is 1. The minimum Gasteiger partial charge on any atom is -0.383 e. The van der Waals surface area contributed by atoms with Crippen LogP contribution in [0.5, 0.6) is 0 Å². The Balaban J connectivity index is 1.61. The predicted molar refractivity (Wildman–Crippen MR) is 118 cm³/mol. The number of hydrogen-bond acceptors (Lipinski definition) is 6. The third-order valence-electron chi connectivity index (χ3n) is 6.57. The first-order valence-corrected chi connectivity index (χ1v) is 10.7. The molecule has 1 atom stereocenters. The highest BCUT2D eigenvalue weighted by atomic mass is 16.2. The van der Waals surface area contributed by atoms with Crippen molar-refractivity contribution >= 4 is 22.8 Å². The monoisotopic (exact) mass is 415 g/mol. The summed E-state index contributed by atoms with van der Waals surface area (Å²) in [7, 11) is 1.99. The van der Waals surface area contributed by atoms with Crippen LogP contribution in [-0.4, -0.2) is 56.4 Å². The molecule has 2 aliphatic rings. The fraction of sp³-hybridized carbons (Fsp3) is 0.391. The highest BCUT2D eigenvalue weighted by Crippen LogP contribution is 2.42. The van der Waals surface area contributed by atoms with E-state index in [2.05, 4.69) is 20.7 Å². The fourth-order valence-electron chi connectivity index (χ4n) is 5.02. The largest absolute Gasteiger partial charge is 0.383 e. The molecule has 2 aromatic heterocycles. The molecular weight excluding hydrogens is 390 g/mol. The number of nitrogen functional groups attached to an aromatic ring is 1. The Bertz CT molecular complexity index is 1190. The van der Waals surface area contributed by atoms with Crippen molar-refractivity contribution in [2.24, 2.45) is 7.05 Å². The number of benzene rings is 1. The normalized spacial score (nSPS) is 18.6. The van der Waals surface area contributed by atoms with Gasteiger partial charge in [0.15, 0.2) is 6.19 Å². The van der Waals surface area contributed by atoms with Crippen LogP contribution in [0.15, 0.2) is 30.6 Å². The van der Waals surface area contributed by atoms with Gasteiger partial charge >= 0.3 is 0 Å². The summed E-state index contributed by atoms with van der Waals surface area (Å²) in [6, 6.07) is 7.78. The molecular formula is C23H25N7O. The number of rotatable bonds is 3. The minimum absolute atomic E-state index is 0.0884. The lowest BCUT2D eigenvalue weighted by molar-refractivity contribution is 0.0793. The zero-order valence-electron chi connectivity index (χ0n) is 17.6. The second kappa shape index (κ2) is 7.58. The van der Waals surface area contributed by atoms with E-state index in [4.69, 9.17) is 5.73 Å². The molecule has 2 aliphatic heterocycles. The highest BCUT2D eigenvalue weighted by molar-refractivity contribution is 6.03. The number of carbonyl (C=O) groups is 1. The third kappa shape index (κ3) is 3.17. The lowest BCUT2D eigenvalue weighted by Gasteiger charge is -2.17. The number of aromatic nitrogens is 3. The van der Waals surface area contributed by atoms with E-state index in [0.717, 1.165) is 66.8 Å². The molecule has 0 spiro atoms. The van der Waals surface area contributed by atoms with E-state index in [0.29, 0.717) is 17.9 Å². The van der Waals surface area contributed by atoms with Gasteiger partial charge in [-0.3, -0.25) is 4.79 Å². The first kappa shape index (κ1) is 19.4. The van der Waals surface area contributed by atoms with E-state index < -0.39 is 0 Å². The summed E-state index contributed by atoms with van der Waals surface area (Å²) in [6.07, 6.45) is 6.79. The van der Waals surface area contributed by atoms with Gasteiger partial charge in [-0.15, -0.1) is 0 Å². The number of aryl methyl sites for hydroxylation is 1. The number of likely N-dealkylation sites (tertiary alicyclic amines) is 2. The van der Waals surface area contributed by atoms with Crippen molar-refractivity contribution in [3.05, 3.63) is 41.9 Å². The first-order valence-electron chi connectivity index (χ1n) is 10.7. The van der Waals surface area contributed by atoms with Crippen LogP contribution in [0.1, 0.15) is 41.2 Å². The maximum Gasteiger partial charge on any atom is 0.253 e. The van der Waals surface area contributed by atoms with Crippen LogP contribution in [0.25, 0.3) is 22.2 Å². The summed E-state index contributed by atoms with van der Waals surface area (Å²) in [5, 5.41) is 10.2. The van der Waals surface area contributed by atoms with Gasteiger partial charge in [0.25, 0.3) is 5.91 Å². The van der Waals surface area contributed by atoms with E-state index in [1.165, 1.54) is 6.33 Å². The predicted octanol–water partition coefficient (Wildman–Crippen LogP) is 2.72. The molecule has 0 aliphatic carbocycles. The van der Waals surface area contributed by atoms with Crippen LogP contribution >= 0.6 is 0 Å². The lowest BCUT2D eigenvalue weighted by Crippen LogP contribution is -2.27. The second-order valence-corrected chi connectivity index (χ2v) is 8.39. The van der Waals surface area contributed by atoms with Crippen LogP contribution < -0.4 is 5.73 Å². The van der Waals surface area contributed by atoms with Crippen LogP contribution in [-0.2, 0) is 7.05 Å². The molecule has 1 amide bonds.